The molecule has 1 heterocycles. The number of hydrogen-bond donors (Lipinski definition) is 1. The lowest BCUT2D eigenvalue weighted by Crippen LogP contribution is -2.36. The molecule has 1 atom stereocenters. The van der Waals surface area contributed by atoms with Gasteiger partial charge in [0.2, 0.25) is 0 Å². The zero-order chi connectivity index (χ0) is 23.0. The average Bonchev–Trinajstić information content (AvgIpc) is 2.69. The fourth-order valence-corrected chi connectivity index (χ4v) is 2.92. The molecular weight excluding hydrogens is 398 g/mol. The van der Waals surface area contributed by atoms with Crippen LogP contribution in [-0.4, -0.2) is 40.4 Å². The SMILES string of the molecule is CCOC(=O)c1cnc(CC(C)CNC(=O)OC(C)(C)C)n(Cc2ccccc2)c1=O. The maximum atomic E-state index is 13.0. The normalized spacial score (nSPS) is 12.2. The molecule has 0 aliphatic heterocycles. The van der Waals surface area contributed by atoms with E-state index in [1.54, 1.807) is 27.7 Å². The molecule has 0 aliphatic rings. The van der Waals surface area contributed by atoms with E-state index in [0.717, 1.165) is 5.56 Å². The summed E-state index contributed by atoms with van der Waals surface area (Å²) in [5.74, 6) is -0.178. The Morgan fingerprint density at radius 2 is 1.87 bits per heavy atom. The van der Waals surface area contributed by atoms with Gasteiger partial charge in [-0.3, -0.25) is 9.36 Å². The largest absolute Gasteiger partial charge is 0.462 e. The highest BCUT2D eigenvalue weighted by molar-refractivity contribution is 5.88. The zero-order valence-electron chi connectivity index (χ0n) is 18.8. The predicted octanol–water partition coefficient (Wildman–Crippen LogP) is 3.17. The molecule has 0 saturated carbocycles. The first kappa shape index (κ1) is 24.1. The summed E-state index contributed by atoms with van der Waals surface area (Å²) in [4.78, 5) is 41.5. The van der Waals surface area contributed by atoms with Crippen molar-refractivity contribution < 1.29 is 19.1 Å². The summed E-state index contributed by atoms with van der Waals surface area (Å²) < 4.78 is 11.7. The van der Waals surface area contributed by atoms with Gasteiger partial charge in [0.05, 0.1) is 13.2 Å². The molecule has 1 unspecified atom stereocenters. The van der Waals surface area contributed by atoms with Crippen molar-refractivity contribution in [2.45, 2.75) is 53.2 Å². The van der Waals surface area contributed by atoms with Gasteiger partial charge in [-0.2, -0.15) is 0 Å². The fraction of sp³-hybridized carbons (Fsp3) is 0.478. The summed E-state index contributed by atoms with van der Waals surface area (Å²) in [6.07, 6.45) is 1.21. The van der Waals surface area contributed by atoms with Crippen molar-refractivity contribution in [2.24, 2.45) is 5.92 Å². The van der Waals surface area contributed by atoms with Gasteiger partial charge in [0.15, 0.2) is 0 Å². The number of ether oxygens (including phenoxy) is 2. The van der Waals surface area contributed by atoms with Gasteiger partial charge in [-0.1, -0.05) is 37.3 Å². The number of carbonyl (C=O) groups excluding carboxylic acids is 2. The second-order valence-corrected chi connectivity index (χ2v) is 8.38. The van der Waals surface area contributed by atoms with Gasteiger partial charge < -0.3 is 14.8 Å². The van der Waals surface area contributed by atoms with Crippen molar-refractivity contribution in [3.63, 3.8) is 0 Å². The van der Waals surface area contributed by atoms with E-state index in [1.807, 2.05) is 37.3 Å². The zero-order valence-corrected chi connectivity index (χ0v) is 18.8. The van der Waals surface area contributed by atoms with Gasteiger partial charge in [-0.15, -0.1) is 0 Å². The van der Waals surface area contributed by atoms with Crippen LogP contribution in [0, 0.1) is 5.92 Å². The topological polar surface area (TPSA) is 99.5 Å². The third-order valence-corrected chi connectivity index (χ3v) is 4.33. The minimum absolute atomic E-state index is 0.0186. The molecule has 0 saturated heterocycles. The van der Waals surface area contributed by atoms with Crippen LogP contribution in [0.15, 0.2) is 41.3 Å². The lowest BCUT2D eigenvalue weighted by Gasteiger charge is -2.21. The Morgan fingerprint density at radius 3 is 2.48 bits per heavy atom. The molecule has 1 aromatic heterocycles. The van der Waals surface area contributed by atoms with E-state index in [0.29, 0.717) is 18.8 Å². The van der Waals surface area contributed by atoms with Crippen molar-refractivity contribution in [1.29, 1.82) is 0 Å². The number of esters is 1. The Bertz CT molecular complexity index is 948. The van der Waals surface area contributed by atoms with Gasteiger partial charge in [0, 0.05) is 19.2 Å². The highest BCUT2D eigenvalue weighted by Crippen LogP contribution is 2.10. The van der Waals surface area contributed by atoms with Gasteiger partial charge in [-0.05, 0) is 39.2 Å². The lowest BCUT2D eigenvalue weighted by atomic mass is 10.1. The number of rotatable bonds is 8. The fourth-order valence-electron chi connectivity index (χ4n) is 2.92. The number of aromatic nitrogens is 2. The van der Waals surface area contributed by atoms with Crippen LogP contribution in [-0.2, 0) is 22.4 Å². The van der Waals surface area contributed by atoms with Crippen molar-refractivity contribution >= 4 is 12.1 Å². The molecule has 2 aromatic rings. The summed E-state index contributed by atoms with van der Waals surface area (Å²) in [5, 5.41) is 2.74. The molecule has 1 aromatic carbocycles. The van der Waals surface area contributed by atoms with Crippen LogP contribution >= 0.6 is 0 Å². The van der Waals surface area contributed by atoms with E-state index >= 15 is 0 Å². The highest BCUT2D eigenvalue weighted by Gasteiger charge is 2.20. The number of nitrogens with zero attached hydrogens (tertiary/aromatic N) is 2. The monoisotopic (exact) mass is 429 g/mol. The third-order valence-electron chi connectivity index (χ3n) is 4.33. The Morgan fingerprint density at radius 1 is 1.19 bits per heavy atom. The van der Waals surface area contributed by atoms with E-state index in [1.165, 1.54) is 10.8 Å². The molecule has 0 fully saturated rings. The van der Waals surface area contributed by atoms with E-state index in [2.05, 4.69) is 10.3 Å². The van der Waals surface area contributed by atoms with Crippen molar-refractivity contribution in [1.82, 2.24) is 14.9 Å². The molecule has 0 radical (unpaired) electrons. The maximum absolute atomic E-state index is 13.0. The number of carbonyl (C=O) groups is 2. The van der Waals surface area contributed by atoms with Crippen LogP contribution in [0.5, 0.6) is 0 Å². The maximum Gasteiger partial charge on any atom is 0.407 e. The Hall–Kier alpha value is -3.16. The van der Waals surface area contributed by atoms with E-state index in [-0.39, 0.29) is 24.6 Å². The highest BCUT2D eigenvalue weighted by atomic mass is 16.6. The Labute approximate surface area is 182 Å². The van der Waals surface area contributed by atoms with E-state index < -0.39 is 23.2 Å². The van der Waals surface area contributed by atoms with Crippen LogP contribution in [0.3, 0.4) is 0 Å². The summed E-state index contributed by atoms with van der Waals surface area (Å²) in [5.41, 5.74) is -0.206. The van der Waals surface area contributed by atoms with Crippen molar-refractivity contribution in [3.8, 4) is 0 Å². The Kier molecular flexibility index (Phi) is 8.36. The van der Waals surface area contributed by atoms with Gasteiger partial charge in [-0.25, -0.2) is 14.6 Å². The molecule has 0 spiro atoms. The van der Waals surface area contributed by atoms with Crippen molar-refractivity contribution in [2.75, 3.05) is 13.2 Å². The number of amides is 1. The molecule has 8 heteroatoms. The van der Waals surface area contributed by atoms with Gasteiger partial charge in [0.25, 0.3) is 5.56 Å². The molecule has 8 nitrogen and oxygen atoms in total. The average molecular weight is 430 g/mol. The second kappa shape index (κ2) is 10.7. The molecule has 1 amide bonds. The van der Waals surface area contributed by atoms with E-state index in [4.69, 9.17) is 9.47 Å². The quantitative estimate of drug-likeness (QED) is 0.647. The number of hydrogen-bond acceptors (Lipinski definition) is 6. The summed E-state index contributed by atoms with van der Waals surface area (Å²) in [7, 11) is 0. The minimum Gasteiger partial charge on any atom is -0.462 e. The first-order valence-corrected chi connectivity index (χ1v) is 10.4. The second-order valence-electron chi connectivity index (χ2n) is 8.38. The smallest absolute Gasteiger partial charge is 0.407 e. The molecular formula is C23H31N3O5. The molecule has 2 rings (SSSR count). The summed E-state index contributed by atoms with van der Waals surface area (Å²) >= 11 is 0. The van der Waals surface area contributed by atoms with Crippen LogP contribution < -0.4 is 10.9 Å². The van der Waals surface area contributed by atoms with E-state index in [9.17, 15) is 14.4 Å². The van der Waals surface area contributed by atoms with Crippen molar-refractivity contribution in [3.05, 3.63) is 63.8 Å². The number of benzene rings is 1. The van der Waals surface area contributed by atoms with Crippen LogP contribution in [0.25, 0.3) is 0 Å². The predicted molar refractivity (Wildman–Crippen MR) is 117 cm³/mol. The number of nitrogens with one attached hydrogen (secondary N) is 1. The first-order chi connectivity index (χ1) is 14.6. The lowest BCUT2D eigenvalue weighted by molar-refractivity contribution is 0.0509. The first-order valence-electron chi connectivity index (χ1n) is 10.4. The summed E-state index contributed by atoms with van der Waals surface area (Å²) in [6, 6.07) is 9.47. The minimum atomic E-state index is -0.687. The standard InChI is InChI=1S/C23H31N3O5/c1-6-30-21(28)18-14-24-19(12-16(2)13-25-22(29)31-23(3,4)5)26(20(18)27)15-17-10-8-7-9-11-17/h7-11,14,16H,6,12-13,15H2,1-5H3,(H,25,29). The molecule has 31 heavy (non-hydrogen) atoms. The van der Waals surface area contributed by atoms with Crippen LogP contribution in [0.2, 0.25) is 0 Å². The summed E-state index contributed by atoms with van der Waals surface area (Å²) in [6.45, 7) is 9.83. The van der Waals surface area contributed by atoms with Gasteiger partial charge >= 0.3 is 12.1 Å². The molecule has 0 bridgehead atoms. The number of alkyl carbamates (subject to hydrolysis) is 1. The molecule has 1 N–H and O–H groups in total. The van der Waals surface area contributed by atoms with Gasteiger partial charge in [0.1, 0.15) is 17.0 Å². The van der Waals surface area contributed by atoms with Crippen LogP contribution in [0.1, 0.15) is 56.4 Å². The molecule has 168 valence electrons. The third kappa shape index (κ3) is 7.55. The Balaban J connectivity index is 2.23. The molecule has 0 aliphatic carbocycles. The van der Waals surface area contributed by atoms with Crippen LogP contribution in [0.4, 0.5) is 4.79 Å².